The fraction of sp³-hybridized carbons (Fsp3) is 0. The summed E-state index contributed by atoms with van der Waals surface area (Å²) in [6.45, 7) is 9.86. The van der Waals surface area contributed by atoms with E-state index in [0.29, 0.717) is 0 Å². The van der Waals surface area contributed by atoms with Gasteiger partial charge in [0.2, 0.25) is 0 Å². The Bertz CT molecular complexity index is 705. The summed E-state index contributed by atoms with van der Waals surface area (Å²) < 4.78 is 15.2. The molecule has 0 heterocycles. The van der Waals surface area contributed by atoms with Crippen molar-refractivity contribution < 1.29 is 28.6 Å². The molecule has 1 aromatic carbocycles. The molecular weight excluding hydrogens is 516 g/mol. The van der Waals surface area contributed by atoms with Crippen LogP contribution in [0.4, 0.5) is 0 Å². The summed E-state index contributed by atoms with van der Waals surface area (Å²) in [5.74, 6) is -2.62. The smallest absolute Gasteiger partial charge is 0.345 e. The maximum Gasteiger partial charge on any atom is 0.345 e. The Morgan fingerprint density at radius 1 is 0.792 bits per heavy atom. The van der Waals surface area contributed by atoms with Crippen molar-refractivity contribution >= 4 is 65.7 Å². The predicted molar refractivity (Wildman–Crippen MR) is 96.8 cm³/mol. The van der Waals surface area contributed by atoms with E-state index in [1.165, 1.54) is 0 Å². The molecule has 0 saturated heterocycles. The molecular formula is C15H9Br3O6. The van der Waals surface area contributed by atoms with Crippen LogP contribution in [0.1, 0.15) is 10.4 Å². The average molecular weight is 525 g/mol. The van der Waals surface area contributed by atoms with Crippen LogP contribution in [-0.2, 0) is 14.3 Å². The zero-order valence-electron chi connectivity index (χ0n) is 11.9. The van der Waals surface area contributed by atoms with E-state index in [4.69, 9.17) is 14.2 Å². The van der Waals surface area contributed by atoms with E-state index in [9.17, 15) is 14.4 Å². The third-order valence-corrected chi connectivity index (χ3v) is 4.60. The average Bonchev–Trinajstić information content (AvgIpc) is 2.55. The zero-order chi connectivity index (χ0) is 18.4. The lowest BCUT2D eigenvalue weighted by atomic mass is 10.2. The SMILES string of the molecule is C=COC(=O)c1c(Br)c(OC(=O)C=C)c(Br)c(OC(=O)C=C)c1Br. The van der Waals surface area contributed by atoms with Crippen molar-refractivity contribution in [2.24, 2.45) is 0 Å². The van der Waals surface area contributed by atoms with E-state index in [2.05, 4.69) is 67.5 Å². The highest BCUT2D eigenvalue weighted by Crippen LogP contribution is 2.48. The molecule has 0 N–H and O–H groups in total. The molecule has 0 aromatic heterocycles. The van der Waals surface area contributed by atoms with Crippen molar-refractivity contribution in [3.8, 4) is 11.5 Å². The Morgan fingerprint density at radius 3 is 1.54 bits per heavy atom. The Kier molecular flexibility index (Phi) is 7.59. The molecule has 0 amide bonds. The highest BCUT2D eigenvalue weighted by atomic mass is 79.9. The molecule has 0 fully saturated rings. The number of hydrogen-bond acceptors (Lipinski definition) is 6. The van der Waals surface area contributed by atoms with Crippen LogP contribution in [0.5, 0.6) is 11.5 Å². The molecule has 1 rings (SSSR count). The van der Waals surface area contributed by atoms with Crippen molar-refractivity contribution in [3.63, 3.8) is 0 Å². The van der Waals surface area contributed by atoms with Crippen LogP contribution in [0.2, 0.25) is 0 Å². The molecule has 0 spiro atoms. The number of rotatable bonds is 6. The summed E-state index contributed by atoms with van der Waals surface area (Å²) in [5.41, 5.74) is -0.0863. The molecule has 0 unspecified atom stereocenters. The molecule has 0 bridgehead atoms. The molecule has 0 aliphatic heterocycles. The first-order chi connectivity index (χ1) is 11.3. The van der Waals surface area contributed by atoms with Crippen molar-refractivity contribution in [3.05, 3.63) is 57.1 Å². The second-order valence-electron chi connectivity index (χ2n) is 3.80. The first-order valence-corrected chi connectivity index (χ1v) is 8.37. The number of halogens is 3. The van der Waals surface area contributed by atoms with Gasteiger partial charge in [0, 0.05) is 12.2 Å². The van der Waals surface area contributed by atoms with Gasteiger partial charge in [-0.25, -0.2) is 14.4 Å². The predicted octanol–water partition coefficient (Wildman–Crippen LogP) is 4.46. The topological polar surface area (TPSA) is 78.9 Å². The van der Waals surface area contributed by atoms with Crippen molar-refractivity contribution in [2.45, 2.75) is 0 Å². The third kappa shape index (κ3) is 4.43. The second kappa shape index (κ2) is 8.95. The molecule has 6 nitrogen and oxygen atoms in total. The monoisotopic (exact) mass is 522 g/mol. The largest absolute Gasteiger partial charge is 0.431 e. The first-order valence-electron chi connectivity index (χ1n) is 5.99. The van der Waals surface area contributed by atoms with E-state index >= 15 is 0 Å². The maximum absolute atomic E-state index is 12.1. The number of carbonyl (C=O) groups excluding carboxylic acids is 3. The second-order valence-corrected chi connectivity index (χ2v) is 6.18. The minimum Gasteiger partial charge on any atom is -0.431 e. The standard InChI is InChI=1S/C15H9Br3O6/c1-4-7(19)23-13-10(16)9(15(21)22-6-3)11(17)14(12(13)18)24-8(20)5-2/h4-6H,1-3H2. The third-order valence-electron chi connectivity index (χ3n) is 2.37. The van der Waals surface area contributed by atoms with Gasteiger partial charge in [-0.1, -0.05) is 19.7 Å². The van der Waals surface area contributed by atoms with Crippen LogP contribution >= 0.6 is 47.8 Å². The van der Waals surface area contributed by atoms with E-state index < -0.39 is 17.9 Å². The molecule has 126 valence electrons. The molecule has 0 atom stereocenters. The lowest BCUT2D eigenvalue weighted by Crippen LogP contribution is -2.12. The number of benzene rings is 1. The molecule has 0 aliphatic carbocycles. The number of ether oxygens (including phenoxy) is 3. The van der Waals surface area contributed by atoms with E-state index in [-0.39, 0.29) is 30.5 Å². The van der Waals surface area contributed by atoms with Crippen LogP contribution in [0.3, 0.4) is 0 Å². The minimum absolute atomic E-state index is 0.0849. The van der Waals surface area contributed by atoms with Gasteiger partial charge in [-0.15, -0.1) is 0 Å². The van der Waals surface area contributed by atoms with E-state index in [1.807, 2.05) is 0 Å². The van der Waals surface area contributed by atoms with Gasteiger partial charge in [-0.3, -0.25) is 0 Å². The summed E-state index contributed by atoms with van der Waals surface area (Å²) in [7, 11) is 0. The van der Waals surface area contributed by atoms with Gasteiger partial charge in [-0.05, 0) is 47.8 Å². The maximum atomic E-state index is 12.1. The minimum atomic E-state index is -0.831. The zero-order valence-corrected chi connectivity index (χ0v) is 16.7. The van der Waals surface area contributed by atoms with Gasteiger partial charge in [0.15, 0.2) is 11.5 Å². The van der Waals surface area contributed by atoms with Crippen molar-refractivity contribution in [1.82, 2.24) is 0 Å². The summed E-state index contributed by atoms with van der Waals surface area (Å²) >= 11 is 9.49. The highest BCUT2D eigenvalue weighted by molar-refractivity contribution is 9.11. The van der Waals surface area contributed by atoms with Crippen LogP contribution in [0.25, 0.3) is 0 Å². The Balaban J connectivity index is 3.69. The van der Waals surface area contributed by atoms with Gasteiger partial charge in [0.25, 0.3) is 0 Å². The molecule has 1 aromatic rings. The van der Waals surface area contributed by atoms with Crippen LogP contribution in [0.15, 0.2) is 51.6 Å². The van der Waals surface area contributed by atoms with Gasteiger partial charge in [-0.2, -0.15) is 0 Å². The number of hydrogen-bond donors (Lipinski definition) is 0. The normalized spacial score (nSPS) is 9.62. The summed E-state index contributed by atoms with van der Waals surface area (Å²) in [6.07, 6.45) is 2.78. The van der Waals surface area contributed by atoms with Crippen LogP contribution in [0, 0.1) is 0 Å². The van der Waals surface area contributed by atoms with Gasteiger partial charge < -0.3 is 14.2 Å². The lowest BCUT2D eigenvalue weighted by Gasteiger charge is -2.16. The van der Waals surface area contributed by atoms with Gasteiger partial charge >= 0.3 is 17.9 Å². The molecule has 0 radical (unpaired) electrons. The van der Waals surface area contributed by atoms with E-state index in [0.717, 1.165) is 18.4 Å². The van der Waals surface area contributed by atoms with Crippen LogP contribution in [-0.4, -0.2) is 17.9 Å². The molecule has 0 saturated carbocycles. The Labute approximate surface area is 162 Å². The van der Waals surface area contributed by atoms with Gasteiger partial charge in [0.1, 0.15) is 4.47 Å². The summed E-state index contributed by atoms with van der Waals surface area (Å²) in [6, 6.07) is 0. The van der Waals surface area contributed by atoms with Crippen LogP contribution < -0.4 is 9.47 Å². The molecule has 9 heteroatoms. The Morgan fingerprint density at radius 2 is 1.21 bits per heavy atom. The first kappa shape index (κ1) is 20.3. The highest BCUT2D eigenvalue weighted by Gasteiger charge is 2.29. The van der Waals surface area contributed by atoms with Gasteiger partial charge in [0.05, 0.1) is 20.8 Å². The quantitative estimate of drug-likeness (QED) is 0.237. The lowest BCUT2D eigenvalue weighted by molar-refractivity contribution is -0.129. The summed E-state index contributed by atoms with van der Waals surface area (Å²) in [5, 5.41) is 0. The summed E-state index contributed by atoms with van der Waals surface area (Å²) in [4.78, 5) is 35.2. The molecule has 0 aliphatic rings. The molecule has 24 heavy (non-hydrogen) atoms. The number of carbonyl (C=O) groups is 3. The Hall–Kier alpha value is -1.71. The fourth-order valence-electron chi connectivity index (χ4n) is 1.40. The van der Waals surface area contributed by atoms with E-state index in [1.54, 1.807) is 0 Å². The van der Waals surface area contributed by atoms with Crippen molar-refractivity contribution in [1.29, 1.82) is 0 Å². The van der Waals surface area contributed by atoms with Crippen molar-refractivity contribution in [2.75, 3.05) is 0 Å². The fourth-order valence-corrected chi connectivity index (χ4v) is 4.03. The number of esters is 3.